The van der Waals surface area contributed by atoms with Crippen molar-refractivity contribution >= 4 is 23.5 Å². The van der Waals surface area contributed by atoms with Gasteiger partial charge in [-0.15, -0.1) is 0 Å². The maximum Gasteiger partial charge on any atom is 0.319 e. The summed E-state index contributed by atoms with van der Waals surface area (Å²) in [7, 11) is 0. The van der Waals surface area contributed by atoms with E-state index >= 15 is 0 Å². The van der Waals surface area contributed by atoms with Crippen molar-refractivity contribution in [3.8, 4) is 0 Å². The third-order valence-electron chi connectivity index (χ3n) is 3.54. The maximum absolute atomic E-state index is 11.8. The number of carbonyl (C=O) groups excluding carboxylic acids is 1. The third kappa shape index (κ3) is 4.72. The van der Waals surface area contributed by atoms with E-state index in [1.807, 2.05) is 23.9 Å². The molecule has 0 aliphatic carbocycles. The molecule has 1 atom stereocenters. The van der Waals surface area contributed by atoms with Crippen LogP contribution in [0.2, 0.25) is 0 Å². The van der Waals surface area contributed by atoms with Gasteiger partial charge in [-0.3, -0.25) is 0 Å². The van der Waals surface area contributed by atoms with Gasteiger partial charge in [0.05, 0.1) is 6.10 Å². The summed E-state index contributed by atoms with van der Waals surface area (Å²) in [5.74, 6) is 3.02. The highest BCUT2D eigenvalue weighted by Crippen LogP contribution is 2.22. The number of thioether (sulfide) groups is 1. The average molecular weight is 294 g/mol. The molecule has 0 radical (unpaired) electrons. The fourth-order valence-electron chi connectivity index (χ4n) is 2.21. The predicted octanol–water partition coefficient (Wildman–Crippen LogP) is 3.00. The lowest BCUT2D eigenvalue weighted by Gasteiger charge is -2.21. The Kier molecular flexibility index (Phi) is 5.73. The Morgan fingerprint density at radius 3 is 2.60 bits per heavy atom. The first-order chi connectivity index (χ1) is 9.65. The maximum atomic E-state index is 11.8. The summed E-state index contributed by atoms with van der Waals surface area (Å²) in [6, 6.07) is 7.09. The highest BCUT2D eigenvalue weighted by Gasteiger charge is 2.14. The van der Waals surface area contributed by atoms with Gasteiger partial charge in [0.1, 0.15) is 0 Å². The minimum absolute atomic E-state index is 0.159. The van der Waals surface area contributed by atoms with Gasteiger partial charge in [0.15, 0.2) is 0 Å². The first-order valence-electron chi connectivity index (χ1n) is 7.06. The number of anilines is 1. The van der Waals surface area contributed by atoms with Crippen LogP contribution < -0.4 is 10.6 Å². The van der Waals surface area contributed by atoms with E-state index in [2.05, 4.69) is 10.6 Å². The van der Waals surface area contributed by atoms with Crippen LogP contribution in [-0.4, -0.2) is 29.2 Å². The lowest BCUT2D eigenvalue weighted by atomic mass is 10.0. The number of nitrogens with one attached hydrogen (secondary N) is 2. The summed E-state index contributed by atoms with van der Waals surface area (Å²) in [5.41, 5.74) is 1.58. The molecule has 1 aromatic carbocycles. The van der Waals surface area contributed by atoms with E-state index in [1.165, 1.54) is 24.3 Å². The number of amides is 2. The predicted molar refractivity (Wildman–Crippen MR) is 84.1 cm³/mol. The Morgan fingerprint density at radius 2 is 2.00 bits per heavy atom. The summed E-state index contributed by atoms with van der Waals surface area (Å²) in [6.45, 7) is 2.47. The third-order valence-corrected chi connectivity index (χ3v) is 4.59. The van der Waals surface area contributed by atoms with Gasteiger partial charge in [-0.1, -0.05) is 12.1 Å². The van der Waals surface area contributed by atoms with Crippen molar-refractivity contribution in [1.29, 1.82) is 0 Å². The number of aliphatic hydroxyl groups excluding tert-OH is 1. The van der Waals surface area contributed by atoms with Crippen LogP contribution in [0.4, 0.5) is 10.5 Å². The Morgan fingerprint density at radius 1 is 1.35 bits per heavy atom. The highest BCUT2D eigenvalue weighted by molar-refractivity contribution is 7.99. The van der Waals surface area contributed by atoms with Crippen molar-refractivity contribution in [3.63, 3.8) is 0 Å². The molecule has 0 aromatic heterocycles. The second-order valence-electron chi connectivity index (χ2n) is 5.19. The smallest absolute Gasteiger partial charge is 0.319 e. The fraction of sp³-hybridized carbons (Fsp3) is 0.533. The Bertz CT molecular complexity index is 428. The molecule has 2 rings (SSSR count). The van der Waals surface area contributed by atoms with E-state index in [0.29, 0.717) is 5.92 Å². The number of hydrogen-bond acceptors (Lipinski definition) is 3. The molecule has 110 valence electrons. The van der Waals surface area contributed by atoms with Crippen LogP contribution in [-0.2, 0) is 0 Å². The van der Waals surface area contributed by atoms with Crippen molar-refractivity contribution < 1.29 is 9.90 Å². The molecule has 4 nitrogen and oxygen atoms in total. The number of urea groups is 1. The van der Waals surface area contributed by atoms with Crippen LogP contribution in [0.5, 0.6) is 0 Å². The zero-order valence-corrected chi connectivity index (χ0v) is 12.6. The molecular weight excluding hydrogens is 272 g/mol. The topological polar surface area (TPSA) is 61.4 Å². The molecule has 1 saturated heterocycles. The van der Waals surface area contributed by atoms with Crippen molar-refractivity contribution in [3.05, 3.63) is 29.8 Å². The van der Waals surface area contributed by atoms with Gasteiger partial charge in [-0.25, -0.2) is 4.79 Å². The zero-order chi connectivity index (χ0) is 14.4. The molecule has 0 bridgehead atoms. The zero-order valence-electron chi connectivity index (χ0n) is 11.8. The van der Waals surface area contributed by atoms with Crippen molar-refractivity contribution in [2.24, 2.45) is 5.92 Å². The van der Waals surface area contributed by atoms with Gasteiger partial charge in [-0.2, -0.15) is 11.8 Å². The Labute approximate surface area is 124 Å². The summed E-state index contributed by atoms with van der Waals surface area (Å²) < 4.78 is 0. The first kappa shape index (κ1) is 15.2. The molecule has 1 fully saturated rings. The van der Waals surface area contributed by atoms with Crippen LogP contribution in [0.15, 0.2) is 24.3 Å². The van der Waals surface area contributed by atoms with Crippen molar-refractivity contribution in [1.82, 2.24) is 5.32 Å². The van der Waals surface area contributed by atoms with Crippen LogP contribution in [0.1, 0.15) is 31.4 Å². The number of aliphatic hydroxyl groups is 1. The number of hydrogen-bond donors (Lipinski definition) is 3. The standard InChI is InChI=1S/C15H22N2O2S/c1-11(18)13-2-4-14(5-3-13)17-15(19)16-10-12-6-8-20-9-7-12/h2-5,11-12,18H,6-10H2,1H3,(H2,16,17,19). The molecule has 0 saturated carbocycles. The number of carbonyl (C=O) groups is 1. The average Bonchev–Trinajstić information content (AvgIpc) is 2.47. The van der Waals surface area contributed by atoms with E-state index < -0.39 is 6.10 Å². The van der Waals surface area contributed by atoms with Crippen molar-refractivity contribution in [2.75, 3.05) is 23.4 Å². The summed E-state index contributed by atoms with van der Waals surface area (Å²) in [5, 5.41) is 15.2. The minimum atomic E-state index is -0.484. The van der Waals surface area contributed by atoms with Crippen LogP contribution in [0.25, 0.3) is 0 Å². The van der Waals surface area contributed by atoms with E-state index in [9.17, 15) is 9.90 Å². The summed E-state index contributed by atoms with van der Waals surface area (Å²) >= 11 is 1.99. The van der Waals surface area contributed by atoms with Gasteiger partial charge < -0.3 is 15.7 Å². The fourth-order valence-corrected chi connectivity index (χ4v) is 3.41. The molecule has 2 amide bonds. The Balaban J connectivity index is 1.75. The van der Waals surface area contributed by atoms with Gasteiger partial charge >= 0.3 is 6.03 Å². The molecular formula is C15H22N2O2S. The van der Waals surface area contributed by atoms with Gasteiger partial charge in [0, 0.05) is 12.2 Å². The van der Waals surface area contributed by atoms with E-state index in [-0.39, 0.29) is 6.03 Å². The molecule has 3 N–H and O–H groups in total. The second kappa shape index (κ2) is 7.55. The van der Waals surface area contributed by atoms with E-state index in [4.69, 9.17) is 0 Å². The first-order valence-corrected chi connectivity index (χ1v) is 8.21. The molecule has 1 heterocycles. The largest absolute Gasteiger partial charge is 0.389 e. The van der Waals surface area contributed by atoms with Crippen LogP contribution >= 0.6 is 11.8 Å². The highest BCUT2D eigenvalue weighted by atomic mass is 32.2. The summed E-state index contributed by atoms with van der Waals surface area (Å²) in [4.78, 5) is 11.8. The second-order valence-corrected chi connectivity index (χ2v) is 6.41. The van der Waals surface area contributed by atoms with Gasteiger partial charge in [0.25, 0.3) is 0 Å². The monoisotopic (exact) mass is 294 g/mol. The molecule has 1 aliphatic heterocycles. The summed E-state index contributed by atoms with van der Waals surface area (Å²) in [6.07, 6.45) is 1.89. The van der Waals surface area contributed by atoms with Gasteiger partial charge in [-0.05, 0) is 54.9 Å². The van der Waals surface area contributed by atoms with Crippen molar-refractivity contribution in [2.45, 2.75) is 25.9 Å². The molecule has 20 heavy (non-hydrogen) atoms. The molecule has 1 aliphatic rings. The van der Waals surface area contributed by atoms with Crippen LogP contribution in [0, 0.1) is 5.92 Å². The number of benzene rings is 1. The van der Waals surface area contributed by atoms with Crippen LogP contribution in [0.3, 0.4) is 0 Å². The normalized spacial score (nSPS) is 17.5. The van der Waals surface area contributed by atoms with E-state index in [0.717, 1.165) is 17.8 Å². The number of rotatable bonds is 4. The lowest BCUT2D eigenvalue weighted by Crippen LogP contribution is -2.34. The van der Waals surface area contributed by atoms with Gasteiger partial charge in [0.2, 0.25) is 0 Å². The molecule has 1 aromatic rings. The lowest BCUT2D eigenvalue weighted by molar-refractivity contribution is 0.199. The Hall–Kier alpha value is -1.20. The minimum Gasteiger partial charge on any atom is -0.389 e. The van der Waals surface area contributed by atoms with E-state index in [1.54, 1.807) is 19.1 Å². The SMILES string of the molecule is CC(O)c1ccc(NC(=O)NCC2CCSCC2)cc1. The molecule has 0 spiro atoms. The molecule has 5 heteroatoms. The molecule has 1 unspecified atom stereocenters. The quantitative estimate of drug-likeness (QED) is 0.800.